The quantitative estimate of drug-likeness (QED) is 0.880. The highest BCUT2D eigenvalue weighted by Crippen LogP contribution is 2.29. The number of nitrogens with two attached hydrogens (primary N) is 1. The second-order valence-corrected chi connectivity index (χ2v) is 5.59. The number of esters is 1. The summed E-state index contributed by atoms with van der Waals surface area (Å²) in [6.07, 6.45) is 2.83. The zero-order valence-corrected chi connectivity index (χ0v) is 12.5. The van der Waals surface area contributed by atoms with Crippen LogP contribution in [0.2, 0.25) is 0 Å². The van der Waals surface area contributed by atoms with Crippen molar-refractivity contribution in [1.82, 2.24) is 4.98 Å². The van der Waals surface area contributed by atoms with Gasteiger partial charge in [-0.25, -0.2) is 4.79 Å². The minimum atomic E-state index is -0.946. The number of para-hydroxylation sites is 1. The van der Waals surface area contributed by atoms with Crippen molar-refractivity contribution in [1.29, 1.82) is 0 Å². The predicted molar refractivity (Wildman–Crippen MR) is 82.5 cm³/mol. The van der Waals surface area contributed by atoms with Crippen molar-refractivity contribution in [3.63, 3.8) is 0 Å². The van der Waals surface area contributed by atoms with E-state index < -0.39 is 18.0 Å². The fraction of sp³-hybridized carbons (Fsp3) is 0.353. The third-order valence-electron chi connectivity index (χ3n) is 4.06. The molecule has 2 aromatic rings. The van der Waals surface area contributed by atoms with Crippen LogP contribution in [-0.4, -0.2) is 23.0 Å². The summed E-state index contributed by atoms with van der Waals surface area (Å²) in [6.45, 7) is 1.48. The van der Waals surface area contributed by atoms with Crippen LogP contribution in [0.15, 0.2) is 24.3 Å². The van der Waals surface area contributed by atoms with Crippen LogP contribution in [0.1, 0.15) is 41.4 Å². The highest BCUT2D eigenvalue weighted by atomic mass is 16.5. The number of nitrogens with zero attached hydrogens (tertiary/aromatic N) is 1. The molecule has 0 fully saturated rings. The Labute approximate surface area is 128 Å². The fourth-order valence-corrected chi connectivity index (χ4v) is 2.88. The Hall–Kier alpha value is -2.43. The first-order valence-electron chi connectivity index (χ1n) is 7.48. The molecule has 0 saturated heterocycles. The lowest BCUT2D eigenvalue weighted by Gasteiger charge is -2.20. The maximum atomic E-state index is 12.6. The van der Waals surface area contributed by atoms with E-state index in [0.717, 1.165) is 47.8 Å². The van der Waals surface area contributed by atoms with Crippen molar-refractivity contribution in [2.45, 2.75) is 38.7 Å². The average molecular weight is 298 g/mol. The number of hydrogen-bond acceptors (Lipinski definition) is 4. The fourth-order valence-electron chi connectivity index (χ4n) is 2.88. The molecule has 2 N–H and O–H groups in total. The largest absolute Gasteiger partial charge is 0.449 e. The van der Waals surface area contributed by atoms with Crippen LogP contribution in [0.5, 0.6) is 0 Å². The van der Waals surface area contributed by atoms with E-state index in [9.17, 15) is 9.59 Å². The second kappa shape index (κ2) is 5.75. The molecule has 22 heavy (non-hydrogen) atoms. The van der Waals surface area contributed by atoms with Crippen molar-refractivity contribution in [3.05, 3.63) is 41.1 Å². The number of fused-ring (bicyclic) bond motifs is 2. The molecule has 1 amide bonds. The van der Waals surface area contributed by atoms with Crippen LogP contribution >= 0.6 is 0 Å². The Bertz CT molecular complexity index is 755. The van der Waals surface area contributed by atoms with Crippen molar-refractivity contribution in [2.24, 2.45) is 5.73 Å². The maximum absolute atomic E-state index is 12.6. The van der Waals surface area contributed by atoms with Crippen molar-refractivity contribution in [3.8, 4) is 0 Å². The van der Waals surface area contributed by atoms with E-state index in [-0.39, 0.29) is 0 Å². The highest BCUT2D eigenvalue weighted by Gasteiger charge is 2.25. The Morgan fingerprint density at radius 2 is 1.95 bits per heavy atom. The SMILES string of the molecule is C[C@@H](OC(=O)c1c2c(nc3ccccc13)CCCC2)C(N)=O. The topological polar surface area (TPSA) is 82.3 Å². The van der Waals surface area contributed by atoms with E-state index in [1.807, 2.05) is 24.3 Å². The predicted octanol–water partition coefficient (Wildman–Crippen LogP) is 2.14. The number of aryl methyl sites for hydroxylation is 1. The van der Waals surface area contributed by atoms with Gasteiger partial charge in [-0.05, 0) is 44.2 Å². The van der Waals surface area contributed by atoms with E-state index in [4.69, 9.17) is 10.5 Å². The monoisotopic (exact) mass is 298 g/mol. The molecule has 1 aliphatic carbocycles. The van der Waals surface area contributed by atoms with E-state index in [0.29, 0.717) is 5.56 Å². The van der Waals surface area contributed by atoms with Gasteiger partial charge in [0.2, 0.25) is 0 Å². The third kappa shape index (κ3) is 2.54. The molecule has 0 bridgehead atoms. The Balaban J connectivity index is 2.13. The molecule has 114 valence electrons. The number of aromatic nitrogens is 1. The molecule has 1 atom stereocenters. The van der Waals surface area contributed by atoms with Gasteiger partial charge in [-0.1, -0.05) is 18.2 Å². The summed E-state index contributed by atoms with van der Waals surface area (Å²) in [6, 6.07) is 7.51. The minimum Gasteiger partial charge on any atom is -0.449 e. The molecular formula is C17H18N2O3. The summed E-state index contributed by atoms with van der Waals surface area (Å²) in [5.41, 5.74) is 8.41. The standard InChI is InChI=1S/C17H18N2O3/c1-10(16(18)20)22-17(21)15-11-6-2-4-8-13(11)19-14-9-5-3-7-12(14)15/h2,4,6,8,10H,3,5,7,9H2,1H3,(H2,18,20)/t10-/m1/s1. The molecule has 0 aliphatic heterocycles. The zero-order valence-electron chi connectivity index (χ0n) is 12.5. The molecule has 5 heteroatoms. The van der Waals surface area contributed by atoms with Gasteiger partial charge in [-0.2, -0.15) is 0 Å². The number of hydrogen-bond donors (Lipinski definition) is 1. The molecule has 0 unspecified atom stereocenters. The number of ether oxygens (including phenoxy) is 1. The van der Waals surface area contributed by atoms with Crippen LogP contribution in [0, 0.1) is 0 Å². The van der Waals surface area contributed by atoms with Crippen LogP contribution in [-0.2, 0) is 22.4 Å². The molecule has 1 heterocycles. The van der Waals surface area contributed by atoms with Crippen molar-refractivity contribution < 1.29 is 14.3 Å². The van der Waals surface area contributed by atoms with Gasteiger partial charge in [0.1, 0.15) is 0 Å². The highest BCUT2D eigenvalue weighted by molar-refractivity contribution is 6.05. The minimum absolute atomic E-state index is 0.497. The molecule has 1 aliphatic rings. The lowest BCUT2D eigenvalue weighted by Crippen LogP contribution is -2.31. The Morgan fingerprint density at radius 1 is 1.23 bits per heavy atom. The van der Waals surface area contributed by atoms with Gasteiger partial charge in [0.05, 0.1) is 11.1 Å². The van der Waals surface area contributed by atoms with E-state index in [1.165, 1.54) is 6.92 Å². The molecule has 0 saturated carbocycles. The Kier molecular flexibility index (Phi) is 3.79. The molecule has 0 spiro atoms. The van der Waals surface area contributed by atoms with E-state index >= 15 is 0 Å². The lowest BCUT2D eigenvalue weighted by molar-refractivity contribution is -0.125. The normalized spacial score (nSPS) is 15.1. The van der Waals surface area contributed by atoms with Gasteiger partial charge in [-0.3, -0.25) is 9.78 Å². The van der Waals surface area contributed by atoms with Gasteiger partial charge in [0, 0.05) is 11.1 Å². The van der Waals surface area contributed by atoms with E-state index in [2.05, 4.69) is 4.98 Å². The van der Waals surface area contributed by atoms with Gasteiger partial charge in [0.25, 0.3) is 5.91 Å². The van der Waals surface area contributed by atoms with Crippen LogP contribution in [0.25, 0.3) is 10.9 Å². The lowest BCUT2D eigenvalue weighted by atomic mass is 9.90. The first-order chi connectivity index (χ1) is 10.6. The van der Waals surface area contributed by atoms with Gasteiger partial charge >= 0.3 is 5.97 Å². The molecule has 1 aromatic carbocycles. The molecular weight excluding hydrogens is 280 g/mol. The molecule has 5 nitrogen and oxygen atoms in total. The van der Waals surface area contributed by atoms with Crippen LogP contribution < -0.4 is 5.73 Å². The first kappa shape index (κ1) is 14.5. The second-order valence-electron chi connectivity index (χ2n) is 5.59. The summed E-state index contributed by atoms with van der Waals surface area (Å²) < 4.78 is 5.23. The maximum Gasteiger partial charge on any atom is 0.339 e. The van der Waals surface area contributed by atoms with Crippen LogP contribution in [0.3, 0.4) is 0 Å². The number of carbonyl (C=O) groups excluding carboxylic acids is 2. The molecule has 0 radical (unpaired) electrons. The Morgan fingerprint density at radius 3 is 2.73 bits per heavy atom. The van der Waals surface area contributed by atoms with Crippen molar-refractivity contribution >= 4 is 22.8 Å². The smallest absolute Gasteiger partial charge is 0.339 e. The summed E-state index contributed by atoms with van der Waals surface area (Å²) in [5, 5.41) is 0.768. The van der Waals surface area contributed by atoms with Gasteiger partial charge in [0.15, 0.2) is 6.10 Å². The molecule has 3 rings (SSSR count). The van der Waals surface area contributed by atoms with Crippen molar-refractivity contribution in [2.75, 3.05) is 0 Å². The van der Waals surface area contributed by atoms with Crippen LogP contribution in [0.4, 0.5) is 0 Å². The number of primary amides is 1. The number of rotatable bonds is 3. The first-order valence-corrected chi connectivity index (χ1v) is 7.48. The zero-order chi connectivity index (χ0) is 15.7. The number of pyridine rings is 1. The van der Waals surface area contributed by atoms with E-state index in [1.54, 1.807) is 0 Å². The third-order valence-corrected chi connectivity index (χ3v) is 4.06. The summed E-state index contributed by atoms with van der Waals surface area (Å²) in [7, 11) is 0. The number of benzene rings is 1. The molecule has 1 aromatic heterocycles. The van der Waals surface area contributed by atoms with Gasteiger partial charge in [-0.15, -0.1) is 0 Å². The van der Waals surface area contributed by atoms with Gasteiger partial charge < -0.3 is 10.5 Å². The summed E-state index contributed by atoms with van der Waals surface area (Å²) >= 11 is 0. The number of carbonyl (C=O) groups is 2. The summed E-state index contributed by atoms with van der Waals surface area (Å²) in [5.74, 6) is -1.15. The number of amides is 1. The summed E-state index contributed by atoms with van der Waals surface area (Å²) in [4.78, 5) is 28.4. The average Bonchev–Trinajstić information content (AvgIpc) is 2.52.